The van der Waals surface area contributed by atoms with Gasteiger partial charge in [-0.2, -0.15) is 0 Å². The van der Waals surface area contributed by atoms with Crippen LogP contribution < -0.4 is 0 Å². The summed E-state index contributed by atoms with van der Waals surface area (Å²) < 4.78 is 4.84. The Morgan fingerprint density at radius 2 is 0.902 bits per heavy atom. The molecule has 0 saturated carbocycles. The minimum absolute atomic E-state index is 0.655. The predicted molar refractivity (Wildman–Crippen MR) is 213 cm³/mol. The molecule has 0 aliphatic heterocycles. The molecule has 0 unspecified atom stereocenters. The van der Waals surface area contributed by atoms with Crippen molar-refractivity contribution in [3.8, 4) is 45.3 Å². The van der Waals surface area contributed by atoms with Crippen LogP contribution in [0.4, 0.5) is 0 Å². The predicted octanol–water partition coefficient (Wildman–Crippen LogP) is 12.1. The molecule has 240 valence electrons. The van der Waals surface area contributed by atoms with Gasteiger partial charge in [-0.05, 0) is 41.0 Å². The lowest BCUT2D eigenvalue weighted by Crippen LogP contribution is -2.01. The summed E-state index contributed by atoms with van der Waals surface area (Å²) in [6.07, 6.45) is 0. The van der Waals surface area contributed by atoms with Crippen molar-refractivity contribution in [1.82, 2.24) is 19.5 Å². The van der Waals surface area contributed by atoms with Crippen molar-refractivity contribution in [2.75, 3.05) is 0 Å². The van der Waals surface area contributed by atoms with Crippen LogP contribution in [0.1, 0.15) is 5.56 Å². The number of fused-ring (bicyclic) bond motifs is 6. The molecule has 0 amide bonds. The fraction of sp³-hybridized carbons (Fsp3) is 0.0217. The summed E-state index contributed by atoms with van der Waals surface area (Å²) in [4.78, 5) is 15.4. The lowest BCUT2D eigenvalue weighted by molar-refractivity contribution is 0.869. The summed E-state index contributed by atoms with van der Waals surface area (Å²) in [5.74, 6) is 1.99. The van der Waals surface area contributed by atoms with Crippen LogP contribution >= 0.6 is 11.3 Å². The number of aromatic nitrogens is 4. The Morgan fingerprint density at radius 1 is 0.392 bits per heavy atom. The van der Waals surface area contributed by atoms with Gasteiger partial charge in [0.15, 0.2) is 17.5 Å². The third kappa shape index (κ3) is 5.18. The van der Waals surface area contributed by atoms with E-state index in [0.717, 1.165) is 28.8 Å². The van der Waals surface area contributed by atoms with Crippen molar-refractivity contribution in [2.45, 2.75) is 6.54 Å². The molecule has 0 fully saturated rings. The van der Waals surface area contributed by atoms with Gasteiger partial charge in [0.05, 0.1) is 0 Å². The van der Waals surface area contributed by atoms with Crippen molar-refractivity contribution in [2.24, 2.45) is 0 Å². The van der Waals surface area contributed by atoms with Crippen molar-refractivity contribution in [3.05, 3.63) is 175 Å². The Morgan fingerprint density at radius 3 is 1.59 bits per heavy atom. The average molecular weight is 671 g/mol. The van der Waals surface area contributed by atoms with E-state index in [-0.39, 0.29) is 0 Å². The van der Waals surface area contributed by atoms with Gasteiger partial charge in [0, 0.05) is 65.2 Å². The van der Waals surface area contributed by atoms with E-state index in [9.17, 15) is 0 Å². The van der Waals surface area contributed by atoms with E-state index in [4.69, 9.17) is 15.0 Å². The van der Waals surface area contributed by atoms with Gasteiger partial charge in [0.1, 0.15) is 0 Å². The lowest BCUT2D eigenvalue weighted by atomic mass is 10.0. The van der Waals surface area contributed by atoms with Gasteiger partial charge in [0.25, 0.3) is 0 Å². The normalized spacial score (nSPS) is 11.6. The number of para-hydroxylation sites is 2. The highest BCUT2D eigenvalue weighted by atomic mass is 32.1. The highest BCUT2D eigenvalue weighted by Gasteiger charge is 2.17. The minimum Gasteiger partial charge on any atom is -0.336 e. The molecule has 0 bridgehead atoms. The number of thiophene rings is 1. The maximum absolute atomic E-state index is 5.15. The quantitative estimate of drug-likeness (QED) is 0.177. The topological polar surface area (TPSA) is 43.6 Å². The van der Waals surface area contributed by atoms with E-state index in [1.54, 1.807) is 11.3 Å². The molecule has 51 heavy (non-hydrogen) atoms. The Bertz CT molecular complexity index is 2820. The lowest BCUT2D eigenvalue weighted by Gasteiger charge is -2.11. The number of benzene rings is 7. The first kappa shape index (κ1) is 29.5. The Kier molecular flexibility index (Phi) is 7.03. The summed E-state index contributed by atoms with van der Waals surface area (Å²) in [7, 11) is 0. The summed E-state index contributed by atoms with van der Waals surface area (Å²) in [6.45, 7) is 0.768. The molecule has 10 rings (SSSR count). The maximum atomic E-state index is 5.15. The van der Waals surface area contributed by atoms with Crippen molar-refractivity contribution in [3.63, 3.8) is 0 Å². The van der Waals surface area contributed by atoms with Crippen LogP contribution in [0, 0.1) is 0 Å². The molecule has 5 heteroatoms. The molecule has 0 aliphatic carbocycles. The SMILES string of the molecule is c1ccc(-c2ccc(-c3nc(-c4ccc(Cn5c6ccccc6c6ccccc65)cc4)nc(-c4cccc5c4sc4ccccc45)n3)cc2)cc1. The molecule has 0 atom stereocenters. The number of hydrogen-bond acceptors (Lipinski definition) is 4. The van der Waals surface area contributed by atoms with Crippen LogP contribution in [0.15, 0.2) is 170 Å². The van der Waals surface area contributed by atoms with Crippen molar-refractivity contribution in [1.29, 1.82) is 0 Å². The van der Waals surface area contributed by atoms with E-state index >= 15 is 0 Å². The fourth-order valence-electron chi connectivity index (χ4n) is 7.24. The molecule has 3 aromatic heterocycles. The Labute approximate surface area is 299 Å². The molecular formula is C46H30N4S. The third-order valence-corrected chi connectivity index (χ3v) is 11.0. The van der Waals surface area contributed by atoms with E-state index in [1.165, 1.54) is 53.1 Å². The van der Waals surface area contributed by atoms with E-state index in [0.29, 0.717) is 17.5 Å². The summed E-state index contributed by atoms with van der Waals surface area (Å²) >= 11 is 1.79. The summed E-state index contributed by atoms with van der Waals surface area (Å²) in [5, 5.41) is 5.03. The van der Waals surface area contributed by atoms with Crippen LogP contribution in [-0.4, -0.2) is 19.5 Å². The second kappa shape index (κ2) is 12.2. The second-order valence-electron chi connectivity index (χ2n) is 12.8. The standard InChI is InChI=1S/C46H30N4S/c1-2-11-31(12-3-1)32-25-27-34(28-26-32)45-47-44(48-46(49-45)39-17-10-16-38-37-15-6-9-20-42(37)51-43(38)39)33-23-21-30(22-24-33)29-50-40-18-7-4-13-35(40)36-14-5-8-19-41(36)50/h1-28H,29H2. The highest BCUT2D eigenvalue weighted by molar-refractivity contribution is 7.26. The van der Waals surface area contributed by atoms with Crippen LogP contribution in [-0.2, 0) is 6.54 Å². The van der Waals surface area contributed by atoms with Gasteiger partial charge in [-0.3, -0.25) is 0 Å². The van der Waals surface area contributed by atoms with Crippen LogP contribution in [0.3, 0.4) is 0 Å². The van der Waals surface area contributed by atoms with Gasteiger partial charge in [0.2, 0.25) is 0 Å². The highest BCUT2D eigenvalue weighted by Crippen LogP contribution is 2.39. The molecule has 4 nitrogen and oxygen atoms in total. The molecule has 0 saturated heterocycles. The Balaban J connectivity index is 1.08. The largest absolute Gasteiger partial charge is 0.336 e. The van der Waals surface area contributed by atoms with Crippen LogP contribution in [0.5, 0.6) is 0 Å². The molecule has 10 aromatic rings. The minimum atomic E-state index is 0.655. The van der Waals surface area contributed by atoms with Crippen molar-refractivity contribution < 1.29 is 0 Å². The summed E-state index contributed by atoms with van der Waals surface area (Å²) in [6, 6.07) is 59.9. The smallest absolute Gasteiger partial charge is 0.165 e. The van der Waals surface area contributed by atoms with E-state index in [2.05, 4.69) is 168 Å². The van der Waals surface area contributed by atoms with Crippen molar-refractivity contribution >= 4 is 53.3 Å². The first-order chi connectivity index (χ1) is 25.3. The third-order valence-electron chi connectivity index (χ3n) is 9.76. The zero-order chi connectivity index (χ0) is 33.7. The number of nitrogens with zero attached hydrogens (tertiary/aromatic N) is 4. The number of rotatable bonds is 6. The molecule has 0 aliphatic rings. The van der Waals surface area contributed by atoms with Gasteiger partial charge in [-0.25, -0.2) is 15.0 Å². The number of hydrogen-bond donors (Lipinski definition) is 0. The van der Waals surface area contributed by atoms with Gasteiger partial charge in [-0.15, -0.1) is 11.3 Å². The maximum Gasteiger partial charge on any atom is 0.165 e. The molecule has 0 spiro atoms. The van der Waals surface area contributed by atoms with Crippen LogP contribution in [0.25, 0.3) is 87.3 Å². The van der Waals surface area contributed by atoms with Gasteiger partial charge in [-0.1, -0.05) is 146 Å². The second-order valence-corrected chi connectivity index (χ2v) is 13.9. The average Bonchev–Trinajstić information content (AvgIpc) is 3.74. The summed E-state index contributed by atoms with van der Waals surface area (Å²) in [5.41, 5.74) is 8.95. The first-order valence-corrected chi connectivity index (χ1v) is 18.0. The first-order valence-electron chi connectivity index (χ1n) is 17.1. The zero-order valence-electron chi connectivity index (χ0n) is 27.6. The Hall–Kier alpha value is -6.43. The van der Waals surface area contributed by atoms with Gasteiger partial charge >= 0.3 is 0 Å². The molecule has 7 aromatic carbocycles. The zero-order valence-corrected chi connectivity index (χ0v) is 28.4. The van der Waals surface area contributed by atoms with Crippen LogP contribution in [0.2, 0.25) is 0 Å². The molecule has 3 heterocycles. The molecular weight excluding hydrogens is 641 g/mol. The molecule has 0 radical (unpaired) electrons. The fourth-order valence-corrected chi connectivity index (χ4v) is 8.45. The monoisotopic (exact) mass is 670 g/mol. The van der Waals surface area contributed by atoms with E-state index < -0.39 is 0 Å². The van der Waals surface area contributed by atoms with Gasteiger partial charge < -0.3 is 4.57 Å². The molecule has 0 N–H and O–H groups in total. The van der Waals surface area contributed by atoms with E-state index in [1.807, 2.05) is 6.07 Å².